The number of pyridine rings is 1. The average Bonchev–Trinajstić information content (AvgIpc) is 3.44. The van der Waals surface area contributed by atoms with Crippen molar-refractivity contribution in [2.75, 3.05) is 13.2 Å². The van der Waals surface area contributed by atoms with Crippen LogP contribution >= 0.6 is 22.6 Å². The summed E-state index contributed by atoms with van der Waals surface area (Å²) in [5.74, 6) is 0.453. The van der Waals surface area contributed by atoms with Gasteiger partial charge in [-0.05, 0) is 41.5 Å². The van der Waals surface area contributed by atoms with Gasteiger partial charge in [-0.1, -0.05) is 0 Å². The molecule has 31 heavy (non-hydrogen) atoms. The minimum Gasteiger partial charge on any atom is -0.422 e. The molecule has 1 atom stereocenters. The summed E-state index contributed by atoms with van der Waals surface area (Å²) in [4.78, 5) is 28.2. The lowest BCUT2D eigenvalue weighted by Crippen LogP contribution is -2.19. The second kappa shape index (κ2) is 8.34. The fourth-order valence-corrected chi connectivity index (χ4v) is 3.78. The number of aromatic nitrogens is 7. The summed E-state index contributed by atoms with van der Waals surface area (Å²) >= 11 is 1.63. The molecule has 5 rings (SSSR count). The molecule has 0 radical (unpaired) electrons. The maximum Gasteiger partial charge on any atom is 0.302 e. The normalized spacial score (nSPS) is 15.9. The number of rotatable bonds is 5. The average molecular weight is 537 g/mol. The summed E-state index contributed by atoms with van der Waals surface area (Å²) in [6, 6.07) is 1.82. The quantitative estimate of drug-likeness (QED) is 0.307. The molecule has 0 aliphatic carbocycles. The molecular weight excluding hydrogens is 520 g/mol. The first-order valence-corrected chi connectivity index (χ1v) is 10.8. The highest BCUT2D eigenvalue weighted by atomic mass is 127. The molecular formula is C19H17FIN7O3. The van der Waals surface area contributed by atoms with Crippen molar-refractivity contribution < 1.29 is 13.9 Å². The number of nitrogens with one attached hydrogen (secondary N) is 1. The second-order valence-electron chi connectivity index (χ2n) is 7.01. The molecule has 1 fully saturated rings. The van der Waals surface area contributed by atoms with E-state index >= 15 is 0 Å². The van der Waals surface area contributed by atoms with Crippen LogP contribution in [0.2, 0.25) is 0 Å². The number of ether oxygens (including phenoxy) is 2. The van der Waals surface area contributed by atoms with Gasteiger partial charge in [0.1, 0.15) is 16.9 Å². The third kappa shape index (κ3) is 4.04. The number of H-pyrrole nitrogens is 1. The smallest absolute Gasteiger partial charge is 0.302 e. The van der Waals surface area contributed by atoms with Crippen LogP contribution in [-0.2, 0) is 4.74 Å². The van der Waals surface area contributed by atoms with E-state index in [1.54, 1.807) is 41.1 Å². The Hall–Kier alpha value is -2.87. The van der Waals surface area contributed by atoms with Gasteiger partial charge in [0.25, 0.3) is 5.56 Å². The van der Waals surface area contributed by atoms with E-state index in [1.807, 2.05) is 4.68 Å². The topological polar surface area (TPSA) is 113 Å². The van der Waals surface area contributed by atoms with Crippen molar-refractivity contribution in [1.29, 1.82) is 0 Å². The number of fused-ring (bicyclic) bond motifs is 1. The van der Waals surface area contributed by atoms with Gasteiger partial charge in [-0.25, -0.2) is 9.37 Å². The number of imidazole rings is 1. The molecule has 4 aromatic rings. The number of hydrogen-bond acceptors (Lipinski definition) is 7. The Bertz CT molecular complexity index is 1280. The van der Waals surface area contributed by atoms with Crippen LogP contribution in [0.5, 0.6) is 11.8 Å². The van der Waals surface area contributed by atoms with Crippen molar-refractivity contribution in [3.63, 3.8) is 0 Å². The largest absolute Gasteiger partial charge is 0.422 e. The van der Waals surface area contributed by atoms with E-state index < -0.39 is 4.30 Å². The fourth-order valence-electron chi connectivity index (χ4n) is 3.48. The Morgan fingerprint density at radius 1 is 1.29 bits per heavy atom. The lowest BCUT2D eigenvalue weighted by Gasteiger charge is -2.21. The molecule has 0 saturated carbocycles. The molecule has 0 aromatic carbocycles. The van der Waals surface area contributed by atoms with Crippen molar-refractivity contribution in [2.24, 2.45) is 0 Å². The van der Waals surface area contributed by atoms with Gasteiger partial charge in [0.2, 0.25) is 4.30 Å². The predicted molar refractivity (Wildman–Crippen MR) is 117 cm³/mol. The monoisotopic (exact) mass is 537 g/mol. The van der Waals surface area contributed by atoms with Crippen molar-refractivity contribution in [1.82, 2.24) is 34.3 Å². The maximum absolute atomic E-state index is 13.6. The van der Waals surface area contributed by atoms with Gasteiger partial charge in [-0.15, -0.1) is 0 Å². The van der Waals surface area contributed by atoms with E-state index in [0.29, 0.717) is 41.3 Å². The van der Waals surface area contributed by atoms with Gasteiger partial charge in [0.05, 0.1) is 30.1 Å². The summed E-state index contributed by atoms with van der Waals surface area (Å²) in [6.07, 6.45) is 9.47. The highest BCUT2D eigenvalue weighted by molar-refractivity contribution is 14.1. The van der Waals surface area contributed by atoms with E-state index in [2.05, 4.69) is 25.0 Å². The molecule has 0 amide bonds. The Morgan fingerprint density at radius 3 is 2.90 bits per heavy atom. The molecule has 5 heterocycles. The molecule has 160 valence electrons. The minimum atomic E-state index is -1.27. The number of halogens is 2. The summed E-state index contributed by atoms with van der Waals surface area (Å²) in [5, 5.41) is 4.69. The van der Waals surface area contributed by atoms with E-state index in [9.17, 15) is 9.18 Å². The van der Waals surface area contributed by atoms with Crippen LogP contribution < -0.4 is 10.3 Å². The zero-order chi connectivity index (χ0) is 21.4. The lowest BCUT2D eigenvalue weighted by molar-refractivity contribution is 0.0662. The van der Waals surface area contributed by atoms with Crippen LogP contribution in [0, 0.1) is 0 Å². The zero-order valence-corrected chi connectivity index (χ0v) is 18.3. The predicted octanol–water partition coefficient (Wildman–Crippen LogP) is 3.38. The van der Waals surface area contributed by atoms with Gasteiger partial charge < -0.3 is 9.47 Å². The second-order valence-corrected chi connectivity index (χ2v) is 8.04. The number of aromatic amines is 1. The lowest BCUT2D eigenvalue weighted by atomic mass is 10.1. The summed E-state index contributed by atoms with van der Waals surface area (Å²) in [7, 11) is 0. The third-order valence-corrected chi connectivity index (χ3v) is 5.67. The molecule has 10 nitrogen and oxygen atoms in total. The van der Waals surface area contributed by atoms with Gasteiger partial charge in [-0.3, -0.25) is 24.0 Å². The maximum atomic E-state index is 13.6. The molecule has 0 bridgehead atoms. The van der Waals surface area contributed by atoms with E-state index in [4.69, 9.17) is 9.47 Å². The first-order chi connectivity index (χ1) is 15.1. The summed E-state index contributed by atoms with van der Waals surface area (Å²) in [5.41, 5.74) is 0.702. The van der Waals surface area contributed by atoms with Crippen LogP contribution in [0.3, 0.4) is 0 Å². The highest BCUT2D eigenvalue weighted by Crippen LogP contribution is 2.27. The summed E-state index contributed by atoms with van der Waals surface area (Å²) < 4.78 is 26.6. The van der Waals surface area contributed by atoms with Crippen LogP contribution in [-0.4, -0.2) is 47.5 Å². The van der Waals surface area contributed by atoms with Gasteiger partial charge >= 0.3 is 6.01 Å². The van der Waals surface area contributed by atoms with Crippen molar-refractivity contribution in [3.05, 3.63) is 47.5 Å². The molecule has 4 aromatic heterocycles. The van der Waals surface area contributed by atoms with E-state index in [-0.39, 0.29) is 17.6 Å². The Kier molecular flexibility index (Phi) is 5.40. The number of hydrogen-bond donors (Lipinski definition) is 1. The summed E-state index contributed by atoms with van der Waals surface area (Å²) in [6.45, 7) is 1.40. The van der Waals surface area contributed by atoms with E-state index in [1.165, 1.54) is 23.3 Å². The van der Waals surface area contributed by atoms with Crippen LogP contribution in [0.1, 0.15) is 23.2 Å². The Labute approximate surface area is 188 Å². The molecule has 1 aliphatic heterocycles. The Balaban J connectivity index is 1.49. The van der Waals surface area contributed by atoms with Gasteiger partial charge in [0.15, 0.2) is 5.75 Å². The van der Waals surface area contributed by atoms with Crippen LogP contribution in [0.4, 0.5) is 4.39 Å². The first kappa shape index (κ1) is 20.1. The zero-order valence-electron chi connectivity index (χ0n) is 16.1. The molecule has 1 unspecified atom stereocenters. The van der Waals surface area contributed by atoms with Crippen LogP contribution in [0.15, 0.2) is 42.0 Å². The SMILES string of the molecule is O=c1[nH]c(Oc2cnn(C3CCOCC3)c2)nc2c(-c3cn(C(F)I)cn3)nccc12. The molecule has 12 heteroatoms. The Morgan fingerprint density at radius 2 is 2.13 bits per heavy atom. The number of nitrogens with zero attached hydrogens (tertiary/aromatic N) is 6. The molecule has 0 spiro atoms. The van der Waals surface area contributed by atoms with E-state index in [0.717, 1.165) is 12.8 Å². The van der Waals surface area contributed by atoms with Crippen molar-refractivity contribution in [3.8, 4) is 23.1 Å². The number of alkyl halides is 2. The first-order valence-electron chi connectivity index (χ1n) is 9.59. The fraction of sp³-hybridized carbons (Fsp3) is 0.316. The highest BCUT2D eigenvalue weighted by Gasteiger charge is 2.18. The van der Waals surface area contributed by atoms with Gasteiger partial charge in [0, 0.05) is 25.6 Å². The van der Waals surface area contributed by atoms with Crippen LogP contribution in [0.25, 0.3) is 22.3 Å². The molecule has 1 N–H and O–H groups in total. The third-order valence-electron chi connectivity index (χ3n) is 5.03. The molecule has 1 aliphatic rings. The van der Waals surface area contributed by atoms with Gasteiger partial charge in [-0.2, -0.15) is 10.1 Å². The molecule has 1 saturated heterocycles. The van der Waals surface area contributed by atoms with Crippen molar-refractivity contribution >= 4 is 33.5 Å². The van der Waals surface area contributed by atoms with Crippen molar-refractivity contribution in [2.45, 2.75) is 23.2 Å². The minimum absolute atomic E-state index is 0.00923. The standard InChI is InChI=1S/C19H17FIN7O3/c20-18(21)27-9-14(23-10-27)16-15-13(1-4-22-16)17(29)26-19(25-15)31-12-7-24-28(8-12)11-2-5-30-6-3-11/h1,4,7-11,18H,2-3,5-6H2,(H,25,26,29).